The number of carbonyl (C=O) groups excluding carboxylic acids is 1. The number of benzene rings is 1. The number of nitrogens with zero attached hydrogens (tertiary/aromatic N) is 3. The van der Waals surface area contributed by atoms with Crippen molar-refractivity contribution in [3.05, 3.63) is 30.1 Å². The van der Waals surface area contributed by atoms with Crippen molar-refractivity contribution in [1.82, 2.24) is 20.2 Å². The second kappa shape index (κ2) is 7.96. The fourth-order valence-electron chi connectivity index (χ4n) is 2.15. The summed E-state index contributed by atoms with van der Waals surface area (Å²) in [6, 6.07) is 6.34. The molecular formula is C15H20FN5OS. The minimum absolute atomic E-state index is 0.0913. The number of rotatable bonds is 7. The molecule has 0 aliphatic rings. The molecule has 1 atom stereocenters. The molecule has 0 unspecified atom stereocenters. The third-order valence-corrected chi connectivity index (χ3v) is 4.18. The van der Waals surface area contributed by atoms with Crippen LogP contribution in [0.3, 0.4) is 0 Å². The van der Waals surface area contributed by atoms with E-state index in [-0.39, 0.29) is 29.1 Å². The number of nitrogens with one attached hydrogen (secondary N) is 1. The number of nitrogen functional groups attached to an aromatic ring is 1. The van der Waals surface area contributed by atoms with Gasteiger partial charge in [0.25, 0.3) is 0 Å². The number of hydrogen-bond acceptors (Lipinski definition) is 5. The first-order chi connectivity index (χ1) is 11.0. The monoisotopic (exact) mass is 337 g/mol. The lowest BCUT2D eigenvalue weighted by atomic mass is 10.2. The van der Waals surface area contributed by atoms with E-state index in [4.69, 9.17) is 5.84 Å². The van der Waals surface area contributed by atoms with Gasteiger partial charge in [0.2, 0.25) is 11.1 Å². The number of halogens is 1. The predicted molar refractivity (Wildman–Crippen MR) is 88.8 cm³/mol. The lowest BCUT2D eigenvalue weighted by Gasteiger charge is -2.12. The highest BCUT2D eigenvalue weighted by Gasteiger charge is 2.16. The van der Waals surface area contributed by atoms with Crippen molar-refractivity contribution in [2.24, 2.45) is 0 Å². The van der Waals surface area contributed by atoms with Crippen LogP contribution >= 0.6 is 11.8 Å². The highest BCUT2D eigenvalue weighted by atomic mass is 32.2. The van der Waals surface area contributed by atoms with Crippen LogP contribution in [0.25, 0.3) is 11.4 Å². The molecule has 0 saturated heterocycles. The van der Waals surface area contributed by atoms with Gasteiger partial charge in [0, 0.05) is 6.04 Å². The summed E-state index contributed by atoms with van der Waals surface area (Å²) in [5.74, 6) is 5.81. The molecule has 1 aromatic carbocycles. The molecule has 0 bridgehead atoms. The van der Waals surface area contributed by atoms with Crippen LogP contribution < -0.4 is 11.2 Å². The topological polar surface area (TPSA) is 85.8 Å². The molecular weight excluding hydrogens is 317 g/mol. The largest absolute Gasteiger partial charge is 0.353 e. The van der Waals surface area contributed by atoms with Crippen molar-refractivity contribution in [2.75, 3.05) is 11.6 Å². The van der Waals surface area contributed by atoms with E-state index in [1.165, 1.54) is 22.5 Å². The average molecular weight is 337 g/mol. The van der Waals surface area contributed by atoms with Crippen molar-refractivity contribution < 1.29 is 9.18 Å². The smallest absolute Gasteiger partial charge is 0.230 e. The van der Waals surface area contributed by atoms with Crippen LogP contribution in [0.5, 0.6) is 0 Å². The van der Waals surface area contributed by atoms with Gasteiger partial charge in [0.05, 0.1) is 11.3 Å². The van der Waals surface area contributed by atoms with Crippen molar-refractivity contribution in [1.29, 1.82) is 0 Å². The van der Waals surface area contributed by atoms with E-state index < -0.39 is 5.82 Å². The molecule has 2 rings (SSSR count). The molecule has 8 heteroatoms. The lowest BCUT2D eigenvalue weighted by Crippen LogP contribution is -2.33. The fraction of sp³-hybridized carbons (Fsp3) is 0.400. The van der Waals surface area contributed by atoms with Gasteiger partial charge < -0.3 is 11.2 Å². The SMILES string of the molecule is CCC[C@H](C)NC(=O)CSc1nnc(-c2ccccc2F)n1N. The second-order valence-corrected chi connectivity index (χ2v) is 6.14. The summed E-state index contributed by atoms with van der Waals surface area (Å²) in [5.41, 5.74) is 0.273. The lowest BCUT2D eigenvalue weighted by molar-refractivity contribution is -0.119. The summed E-state index contributed by atoms with van der Waals surface area (Å²) in [5, 5.41) is 11.1. The van der Waals surface area contributed by atoms with Gasteiger partial charge in [-0.15, -0.1) is 10.2 Å². The van der Waals surface area contributed by atoms with Gasteiger partial charge in [-0.25, -0.2) is 9.07 Å². The molecule has 0 radical (unpaired) electrons. The Kier molecular flexibility index (Phi) is 5.97. The first kappa shape index (κ1) is 17.3. The first-order valence-electron chi connectivity index (χ1n) is 7.40. The van der Waals surface area contributed by atoms with E-state index in [1.54, 1.807) is 18.2 Å². The van der Waals surface area contributed by atoms with Crippen LogP contribution in [-0.4, -0.2) is 32.6 Å². The maximum Gasteiger partial charge on any atom is 0.230 e. The Bertz CT molecular complexity index is 676. The molecule has 0 aliphatic heterocycles. The van der Waals surface area contributed by atoms with E-state index in [0.29, 0.717) is 5.16 Å². The zero-order valence-electron chi connectivity index (χ0n) is 13.1. The van der Waals surface area contributed by atoms with Gasteiger partial charge >= 0.3 is 0 Å². The molecule has 23 heavy (non-hydrogen) atoms. The van der Waals surface area contributed by atoms with Crippen molar-refractivity contribution in [2.45, 2.75) is 37.9 Å². The van der Waals surface area contributed by atoms with E-state index >= 15 is 0 Å². The van der Waals surface area contributed by atoms with Gasteiger partial charge in [0.1, 0.15) is 5.82 Å². The standard InChI is InChI=1S/C15H20FN5OS/c1-3-6-10(2)18-13(22)9-23-15-20-19-14(21(15)17)11-7-4-5-8-12(11)16/h4-5,7-8,10H,3,6,9,17H2,1-2H3,(H,18,22)/t10-/m0/s1. The maximum atomic E-state index is 13.8. The van der Waals surface area contributed by atoms with Gasteiger partial charge in [-0.1, -0.05) is 37.2 Å². The quantitative estimate of drug-likeness (QED) is 0.597. The molecule has 6 nitrogen and oxygen atoms in total. The fourth-order valence-corrected chi connectivity index (χ4v) is 2.82. The predicted octanol–water partition coefficient (Wildman–Crippen LogP) is 2.19. The maximum absolute atomic E-state index is 13.8. The van der Waals surface area contributed by atoms with E-state index in [2.05, 4.69) is 22.4 Å². The minimum Gasteiger partial charge on any atom is -0.353 e. The van der Waals surface area contributed by atoms with Crippen LogP contribution in [-0.2, 0) is 4.79 Å². The highest BCUT2D eigenvalue weighted by molar-refractivity contribution is 7.99. The molecule has 3 N–H and O–H groups in total. The molecule has 0 fully saturated rings. The van der Waals surface area contributed by atoms with Gasteiger partial charge in [0.15, 0.2) is 5.82 Å². The Morgan fingerprint density at radius 3 is 2.87 bits per heavy atom. The van der Waals surface area contributed by atoms with Crippen molar-refractivity contribution in [3.8, 4) is 11.4 Å². The van der Waals surface area contributed by atoms with Crippen LogP contribution in [0.4, 0.5) is 4.39 Å². The van der Waals surface area contributed by atoms with E-state index in [0.717, 1.165) is 12.8 Å². The van der Waals surface area contributed by atoms with Gasteiger partial charge in [-0.2, -0.15) is 0 Å². The second-order valence-electron chi connectivity index (χ2n) is 5.20. The molecule has 0 aliphatic carbocycles. The zero-order chi connectivity index (χ0) is 16.8. The molecule has 0 saturated carbocycles. The van der Waals surface area contributed by atoms with E-state index in [9.17, 15) is 9.18 Å². The summed E-state index contributed by atoms with van der Waals surface area (Å²) in [7, 11) is 0. The Balaban J connectivity index is 2.00. The number of carbonyl (C=O) groups is 1. The molecule has 2 aromatic rings. The zero-order valence-corrected chi connectivity index (χ0v) is 13.9. The first-order valence-corrected chi connectivity index (χ1v) is 8.39. The summed E-state index contributed by atoms with van der Waals surface area (Å²) >= 11 is 1.17. The normalized spacial score (nSPS) is 12.1. The van der Waals surface area contributed by atoms with Crippen LogP contribution in [0.1, 0.15) is 26.7 Å². The van der Waals surface area contributed by atoms with Crippen LogP contribution in [0.15, 0.2) is 29.4 Å². The van der Waals surface area contributed by atoms with Crippen LogP contribution in [0, 0.1) is 5.82 Å². The molecule has 0 spiro atoms. The Morgan fingerprint density at radius 1 is 1.43 bits per heavy atom. The minimum atomic E-state index is -0.422. The molecule has 1 amide bonds. The summed E-state index contributed by atoms with van der Waals surface area (Å²) in [6.45, 7) is 4.03. The number of aromatic nitrogens is 3. The molecule has 1 aromatic heterocycles. The Labute approximate surface area is 138 Å². The molecule has 124 valence electrons. The van der Waals surface area contributed by atoms with E-state index in [1.807, 2.05) is 6.92 Å². The number of nitrogens with two attached hydrogens (primary N) is 1. The Morgan fingerprint density at radius 2 is 2.17 bits per heavy atom. The summed E-state index contributed by atoms with van der Waals surface area (Å²) < 4.78 is 15.0. The third-order valence-electron chi connectivity index (χ3n) is 3.24. The highest BCUT2D eigenvalue weighted by Crippen LogP contribution is 2.23. The van der Waals surface area contributed by atoms with Gasteiger partial charge in [-0.3, -0.25) is 4.79 Å². The van der Waals surface area contributed by atoms with Crippen molar-refractivity contribution in [3.63, 3.8) is 0 Å². The van der Waals surface area contributed by atoms with Crippen LogP contribution in [0.2, 0.25) is 0 Å². The third kappa shape index (κ3) is 4.44. The number of hydrogen-bond donors (Lipinski definition) is 2. The van der Waals surface area contributed by atoms with Gasteiger partial charge in [-0.05, 0) is 25.5 Å². The Hall–Kier alpha value is -2.09. The number of thioether (sulfide) groups is 1. The average Bonchev–Trinajstić information content (AvgIpc) is 2.87. The molecule has 1 heterocycles. The number of amides is 1. The van der Waals surface area contributed by atoms with Crippen molar-refractivity contribution >= 4 is 17.7 Å². The summed E-state index contributed by atoms with van der Waals surface area (Å²) in [4.78, 5) is 11.9. The summed E-state index contributed by atoms with van der Waals surface area (Å²) in [6.07, 6.45) is 1.94.